The van der Waals surface area contributed by atoms with Crippen LogP contribution in [0.2, 0.25) is 0 Å². The third-order valence-electron chi connectivity index (χ3n) is 2.34. The summed E-state index contributed by atoms with van der Waals surface area (Å²) in [7, 11) is 0. The van der Waals surface area contributed by atoms with Gasteiger partial charge in [0.05, 0.1) is 0 Å². The maximum atomic E-state index is 10.6. The quantitative estimate of drug-likeness (QED) is 0.784. The number of alkyl halides is 3. The molecule has 0 aliphatic rings. The zero-order valence-electron chi connectivity index (χ0n) is 12.2. The van der Waals surface area contributed by atoms with E-state index in [0.29, 0.717) is 6.54 Å². The summed E-state index contributed by atoms with van der Waals surface area (Å²) < 4.78 is 33.3. The number of carbonyl (C=O) groups is 2. The molecule has 0 saturated carbocycles. The van der Waals surface area contributed by atoms with Crippen molar-refractivity contribution >= 4 is 23.3 Å². The number of hydrogen-bond donors (Lipinski definition) is 2. The van der Waals surface area contributed by atoms with Crippen molar-refractivity contribution in [2.24, 2.45) is 0 Å². The van der Waals surface area contributed by atoms with Crippen molar-refractivity contribution < 1.29 is 37.7 Å². The number of hydrogen-bond acceptors (Lipinski definition) is 6. The van der Waals surface area contributed by atoms with Crippen LogP contribution in [0.25, 0.3) is 10.6 Å². The summed E-state index contributed by atoms with van der Waals surface area (Å²) in [4.78, 5) is 19.3. The third kappa shape index (κ3) is 6.64. The van der Waals surface area contributed by atoms with Gasteiger partial charge in [-0.3, -0.25) is 4.79 Å². The van der Waals surface area contributed by atoms with Gasteiger partial charge in [-0.1, -0.05) is 16.0 Å². The molecule has 0 bridgehead atoms. The molecule has 2 N–H and O–H groups in total. The molecular weight excluding hydrogens is 353 g/mol. The Morgan fingerprint density at radius 2 is 1.92 bits per heavy atom. The van der Waals surface area contributed by atoms with Gasteiger partial charge in [0.2, 0.25) is 0 Å². The second kappa shape index (κ2) is 8.29. The van der Waals surface area contributed by atoms with E-state index in [4.69, 9.17) is 15.0 Å². The largest absolute Gasteiger partial charge is 0.490 e. The van der Waals surface area contributed by atoms with Crippen LogP contribution in [0.5, 0.6) is 0 Å². The Morgan fingerprint density at radius 1 is 1.29 bits per heavy atom. The first kappa shape index (κ1) is 19.4. The molecule has 0 atom stereocenters. The predicted octanol–water partition coefficient (Wildman–Crippen LogP) is 1.30. The zero-order valence-corrected chi connectivity index (χ0v) is 13.0. The first-order valence-corrected chi connectivity index (χ1v) is 7.09. The lowest BCUT2D eigenvalue weighted by Gasteiger charge is -1.93. The second-order valence-electron chi connectivity index (χ2n) is 4.25. The third-order valence-corrected chi connectivity index (χ3v) is 3.23. The molecular formula is C12H12F3N4O4S+. The Kier molecular flexibility index (Phi) is 6.70. The van der Waals surface area contributed by atoms with Gasteiger partial charge in [-0.15, -0.1) is 10.2 Å². The van der Waals surface area contributed by atoms with E-state index in [2.05, 4.69) is 15.3 Å². The standard InChI is InChI=1S/C10H10N4O2S.C2HF3O2/c1-7-12-13-10(17-7)8-2-4-14(11-6-8)5-3-9(15)16;3-2(4,5)1(6)7/h2,4,6H,3,5H2,1H3;(H,6,7)/p+1. The van der Waals surface area contributed by atoms with E-state index in [1.165, 1.54) is 11.3 Å². The molecule has 0 unspecified atom stereocenters. The molecule has 24 heavy (non-hydrogen) atoms. The van der Waals surface area contributed by atoms with Gasteiger partial charge in [0, 0.05) is 11.6 Å². The number of aryl methyl sites for hydroxylation is 2. The van der Waals surface area contributed by atoms with Crippen LogP contribution in [-0.4, -0.2) is 43.6 Å². The molecule has 0 spiro atoms. The fraction of sp³-hybridized carbons (Fsp3) is 0.333. The van der Waals surface area contributed by atoms with Crippen molar-refractivity contribution in [2.45, 2.75) is 26.1 Å². The summed E-state index contributed by atoms with van der Waals surface area (Å²) in [5, 5.41) is 29.5. The number of rotatable bonds is 4. The lowest BCUT2D eigenvalue weighted by atomic mass is 10.3. The molecule has 0 aliphatic heterocycles. The van der Waals surface area contributed by atoms with Gasteiger partial charge in [-0.05, 0) is 12.0 Å². The van der Waals surface area contributed by atoms with Gasteiger partial charge in [-0.25, -0.2) is 4.79 Å². The van der Waals surface area contributed by atoms with E-state index in [1.54, 1.807) is 17.1 Å². The highest BCUT2D eigenvalue weighted by molar-refractivity contribution is 7.14. The van der Waals surface area contributed by atoms with E-state index in [-0.39, 0.29) is 6.42 Å². The molecule has 0 saturated heterocycles. The normalized spacial score (nSPS) is 10.7. The van der Waals surface area contributed by atoms with Gasteiger partial charge >= 0.3 is 18.1 Å². The molecule has 2 heterocycles. The Bertz CT molecular complexity index is 703. The number of halogens is 3. The second-order valence-corrected chi connectivity index (χ2v) is 5.43. The minimum atomic E-state index is -5.08. The fourth-order valence-electron chi connectivity index (χ4n) is 1.27. The summed E-state index contributed by atoms with van der Waals surface area (Å²) in [6.45, 7) is 2.26. The molecule has 130 valence electrons. The molecule has 12 heteroatoms. The average Bonchev–Trinajstić information content (AvgIpc) is 2.92. The maximum Gasteiger partial charge on any atom is 0.490 e. The first-order valence-electron chi connectivity index (χ1n) is 6.27. The van der Waals surface area contributed by atoms with Gasteiger partial charge < -0.3 is 10.2 Å². The summed E-state index contributed by atoms with van der Waals surface area (Å²) in [6.07, 6.45) is -1.61. The van der Waals surface area contributed by atoms with Crippen molar-refractivity contribution in [3.8, 4) is 10.6 Å². The minimum absolute atomic E-state index is 0.0644. The summed E-state index contributed by atoms with van der Waals surface area (Å²) in [5.74, 6) is -3.59. The smallest absolute Gasteiger partial charge is 0.481 e. The van der Waals surface area contributed by atoms with Crippen LogP contribution >= 0.6 is 11.3 Å². The first-order chi connectivity index (χ1) is 11.1. The van der Waals surface area contributed by atoms with Crippen LogP contribution in [0.3, 0.4) is 0 Å². The lowest BCUT2D eigenvalue weighted by Crippen LogP contribution is -2.38. The summed E-state index contributed by atoms with van der Waals surface area (Å²) >= 11 is 1.50. The van der Waals surface area contributed by atoms with Crippen molar-refractivity contribution in [1.82, 2.24) is 15.3 Å². The van der Waals surface area contributed by atoms with Gasteiger partial charge in [0.25, 0.3) is 0 Å². The van der Waals surface area contributed by atoms with Crippen LogP contribution in [0.1, 0.15) is 11.4 Å². The topological polar surface area (TPSA) is 117 Å². The highest BCUT2D eigenvalue weighted by atomic mass is 32.1. The van der Waals surface area contributed by atoms with Gasteiger partial charge in [0.15, 0.2) is 12.7 Å². The molecule has 0 fully saturated rings. The van der Waals surface area contributed by atoms with Crippen molar-refractivity contribution in [2.75, 3.05) is 0 Å². The number of aromatic nitrogens is 4. The Balaban J connectivity index is 0.000000351. The van der Waals surface area contributed by atoms with E-state index >= 15 is 0 Å². The van der Waals surface area contributed by atoms with Crippen LogP contribution in [0.15, 0.2) is 18.5 Å². The molecule has 0 aromatic carbocycles. The van der Waals surface area contributed by atoms with Crippen LogP contribution in [0, 0.1) is 6.92 Å². The number of carboxylic acid groups (broad SMARTS) is 2. The minimum Gasteiger partial charge on any atom is -0.481 e. The Labute approximate surface area is 137 Å². The van der Waals surface area contributed by atoms with Gasteiger partial charge in [-0.2, -0.15) is 13.2 Å². The molecule has 2 rings (SSSR count). The Hall–Kier alpha value is -2.63. The molecule has 0 aliphatic carbocycles. The maximum absolute atomic E-state index is 10.6. The molecule has 0 amide bonds. The molecule has 2 aromatic rings. The monoisotopic (exact) mass is 365 g/mol. The zero-order chi connectivity index (χ0) is 18.3. The van der Waals surface area contributed by atoms with E-state index in [0.717, 1.165) is 15.6 Å². The SMILES string of the molecule is Cc1nnc(-c2cc[n+](CCC(=O)O)nc2)s1.O=C(O)C(F)(F)F. The van der Waals surface area contributed by atoms with Crippen molar-refractivity contribution in [1.29, 1.82) is 0 Å². The molecule has 0 radical (unpaired) electrons. The fourth-order valence-corrected chi connectivity index (χ4v) is 1.95. The molecule has 2 aromatic heterocycles. The van der Waals surface area contributed by atoms with E-state index < -0.39 is 18.1 Å². The van der Waals surface area contributed by atoms with Gasteiger partial charge in [0.1, 0.15) is 22.6 Å². The number of carboxylic acids is 2. The van der Waals surface area contributed by atoms with Crippen LogP contribution in [0.4, 0.5) is 13.2 Å². The number of aliphatic carboxylic acids is 2. The average molecular weight is 365 g/mol. The van der Waals surface area contributed by atoms with Crippen molar-refractivity contribution in [3.63, 3.8) is 0 Å². The van der Waals surface area contributed by atoms with E-state index in [1.807, 2.05) is 13.0 Å². The molecule has 8 nitrogen and oxygen atoms in total. The summed E-state index contributed by atoms with van der Waals surface area (Å²) in [6, 6.07) is 1.86. The summed E-state index contributed by atoms with van der Waals surface area (Å²) in [5.41, 5.74) is 0.891. The predicted molar refractivity (Wildman–Crippen MR) is 74.0 cm³/mol. The van der Waals surface area contributed by atoms with Crippen molar-refractivity contribution in [3.05, 3.63) is 23.5 Å². The van der Waals surface area contributed by atoms with Crippen LogP contribution < -0.4 is 4.68 Å². The van der Waals surface area contributed by atoms with E-state index in [9.17, 15) is 18.0 Å². The lowest BCUT2D eigenvalue weighted by molar-refractivity contribution is -0.752. The van der Waals surface area contributed by atoms with Crippen LogP contribution in [-0.2, 0) is 16.1 Å². The number of nitrogens with zero attached hydrogens (tertiary/aromatic N) is 4. The highest BCUT2D eigenvalue weighted by Crippen LogP contribution is 2.20. The Morgan fingerprint density at radius 3 is 2.29 bits per heavy atom. The highest BCUT2D eigenvalue weighted by Gasteiger charge is 2.38.